The molecule has 0 N–H and O–H groups in total. The molecule has 0 unspecified atom stereocenters. The Hall–Kier alpha value is -1.64. The number of para-hydroxylation sites is 1. The number of hydrogen-bond donors (Lipinski definition) is 0. The summed E-state index contributed by atoms with van der Waals surface area (Å²) in [6.07, 6.45) is 0. The second-order valence-corrected chi connectivity index (χ2v) is 3.61. The third kappa shape index (κ3) is 2.91. The quantitative estimate of drug-likeness (QED) is 0.433. The molecule has 0 atom stereocenters. The minimum atomic E-state index is -0.418. The van der Waals surface area contributed by atoms with Crippen LogP contribution in [-0.4, -0.2) is 11.8 Å². The van der Waals surface area contributed by atoms with Crippen LogP contribution in [0.5, 0.6) is 5.75 Å². The molecule has 0 aromatic heterocycles. The maximum Gasteiger partial charge on any atom is 0.308 e. The van der Waals surface area contributed by atoms with Gasteiger partial charge >= 0.3 is 5.97 Å². The summed E-state index contributed by atoms with van der Waals surface area (Å²) >= 11 is 0. The van der Waals surface area contributed by atoms with Crippen LogP contribution in [-0.2, 0) is 4.79 Å². The van der Waals surface area contributed by atoms with Crippen molar-refractivity contribution in [2.75, 3.05) is 0 Å². The van der Waals surface area contributed by atoms with E-state index in [0.717, 1.165) is 0 Å². The molecule has 0 fully saturated rings. The molecule has 3 nitrogen and oxygen atoms in total. The van der Waals surface area contributed by atoms with Crippen LogP contribution in [0.15, 0.2) is 24.3 Å². The molecular weight excluding hydrogens is 192 g/mol. The Balaban J connectivity index is 3.06. The van der Waals surface area contributed by atoms with Crippen molar-refractivity contribution in [3.63, 3.8) is 0 Å². The van der Waals surface area contributed by atoms with Gasteiger partial charge in [0.05, 0.1) is 5.56 Å². The van der Waals surface area contributed by atoms with E-state index in [2.05, 4.69) is 0 Å². The molecule has 0 radical (unpaired) electrons. The van der Waals surface area contributed by atoms with Crippen molar-refractivity contribution >= 4 is 11.8 Å². The third-order valence-corrected chi connectivity index (χ3v) is 1.93. The standard InChI is InChI=1S/C12H14O3/c1-8(2)12(14)10-6-4-5-7-11(10)15-9(3)13/h4-8H,1-3H3. The number of esters is 1. The normalized spacial score (nSPS) is 10.1. The fourth-order valence-corrected chi connectivity index (χ4v) is 1.23. The predicted molar refractivity (Wildman–Crippen MR) is 56.9 cm³/mol. The molecule has 0 saturated heterocycles. The van der Waals surface area contributed by atoms with Gasteiger partial charge in [0.2, 0.25) is 0 Å². The van der Waals surface area contributed by atoms with E-state index in [9.17, 15) is 9.59 Å². The van der Waals surface area contributed by atoms with Crippen molar-refractivity contribution in [2.24, 2.45) is 5.92 Å². The third-order valence-electron chi connectivity index (χ3n) is 1.93. The largest absolute Gasteiger partial charge is 0.426 e. The highest BCUT2D eigenvalue weighted by molar-refractivity contribution is 6.00. The SMILES string of the molecule is CC(=O)Oc1ccccc1C(=O)C(C)C. The first-order chi connectivity index (χ1) is 7.02. The van der Waals surface area contributed by atoms with E-state index in [1.165, 1.54) is 6.92 Å². The number of benzene rings is 1. The summed E-state index contributed by atoms with van der Waals surface area (Å²) in [4.78, 5) is 22.6. The lowest BCUT2D eigenvalue weighted by atomic mass is 10.0. The van der Waals surface area contributed by atoms with Crippen LogP contribution in [0.4, 0.5) is 0 Å². The Labute approximate surface area is 89.1 Å². The average molecular weight is 206 g/mol. The molecule has 0 amide bonds. The van der Waals surface area contributed by atoms with Gasteiger partial charge in [-0.15, -0.1) is 0 Å². The Bertz CT molecular complexity index is 380. The Morgan fingerprint density at radius 1 is 1.20 bits per heavy atom. The van der Waals surface area contributed by atoms with Gasteiger partial charge < -0.3 is 4.74 Å². The van der Waals surface area contributed by atoms with Crippen molar-refractivity contribution in [1.82, 2.24) is 0 Å². The first kappa shape index (κ1) is 11.4. The molecule has 0 saturated carbocycles. The van der Waals surface area contributed by atoms with Gasteiger partial charge in [-0.05, 0) is 12.1 Å². The molecule has 0 aliphatic heterocycles. The maximum atomic E-state index is 11.8. The zero-order valence-electron chi connectivity index (χ0n) is 9.11. The lowest BCUT2D eigenvalue weighted by molar-refractivity contribution is -0.131. The number of Topliss-reactive ketones (excluding diaryl/α,β-unsaturated/α-hetero) is 1. The minimum absolute atomic E-state index is 0.0214. The molecule has 1 aromatic carbocycles. The highest BCUT2D eigenvalue weighted by Crippen LogP contribution is 2.21. The van der Waals surface area contributed by atoms with Gasteiger partial charge in [-0.2, -0.15) is 0 Å². The Kier molecular flexibility index (Phi) is 3.61. The van der Waals surface area contributed by atoms with E-state index in [-0.39, 0.29) is 11.7 Å². The van der Waals surface area contributed by atoms with Gasteiger partial charge in [-0.25, -0.2) is 0 Å². The van der Waals surface area contributed by atoms with Gasteiger partial charge in [0.1, 0.15) is 5.75 Å². The highest BCUT2D eigenvalue weighted by atomic mass is 16.5. The summed E-state index contributed by atoms with van der Waals surface area (Å²) < 4.78 is 4.96. The molecule has 0 aliphatic rings. The smallest absolute Gasteiger partial charge is 0.308 e. The average Bonchev–Trinajstić information content (AvgIpc) is 2.16. The molecular formula is C12H14O3. The lowest BCUT2D eigenvalue weighted by Crippen LogP contribution is -2.11. The van der Waals surface area contributed by atoms with Gasteiger partial charge in [0.15, 0.2) is 5.78 Å². The number of hydrogen-bond acceptors (Lipinski definition) is 3. The van der Waals surface area contributed by atoms with E-state index in [4.69, 9.17) is 4.74 Å². The molecule has 15 heavy (non-hydrogen) atoms. The van der Waals surface area contributed by atoms with Crippen molar-refractivity contribution in [3.05, 3.63) is 29.8 Å². The number of ether oxygens (including phenoxy) is 1. The second-order valence-electron chi connectivity index (χ2n) is 3.61. The molecule has 0 spiro atoms. The van der Waals surface area contributed by atoms with E-state index in [0.29, 0.717) is 11.3 Å². The molecule has 80 valence electrons. The molecule has 0 aliphatic carbocycles. The fourth-order valence-electron chi connectivity index (χ4n) is 1.23. The summed E-state index contributed by atoms with van der Waals surface area (Å²) in [5.41, 5.74) is 0.461. The van der Waals surface area contributed by atoms with Crippen LogP contribution >= 0.6 is 0 Å². The van der Waals surface area contributed by atoms with Gasteiger partial charge in [-0.3, -0.25) is 9.59 Å². The Morgan fingerprint density at radius 2 is 1.80 bits per heavy atom. The summed E-state index contributed by atoms with van der Waals surface area (Å²) in [6.45, 7) is 4.94. The summed E-state index contributed by atoms with van der Waals surface area (Å²) in [7, 11) is 0. The molecule has 3 heteroatoms. The van der Waals surface area contributed by atoms with Crippen LogP contribution in [0.2, 0.25) is 0 Å². The number of carbonyl (C=O) groups excluding carboxylic acids is 2. The summed E-state index contributed by atoms with van der Waals surface area (Å²) in [5, 5.41) is 0. The number of ketones is 1. The van der Waals surface area contributed by atoms with Crippen LogP contribution in [0.1, 0.15) is 31.1 Å². The zero-order chi connectivity index (χ0) is 11.4. The molecule has 1 rings (SSSR count). The van der Waals surface area contributed by atoms with Crippen molar-refractivity contribution in [2.45, 2.75) is 20.8 Å². The van der Waals surface area contributed by atoms with Crippen molar-refractivity contribution in [3.8, 4) is 5.75 Å². The van der Waals surface area contributed by atoms with Crippen molar-refractivity contribution in [1.29, 1.82) is 0 Å². The second kappa shape index (κ2) is 4.73. The van der Waals surface area contributed by atoms with Crippen molar-refractivity contribution < 1.29 is 14.3 Å². The first-order valence-corrected chi connectivity index (χ1v) is 4.84. The number of rotatable bonds is 3. The summed E-state index contributed by atoms with van der Waals surface area (Å²) in [6, 6.07) is 6.77. The van der Waals surface area contributed by atoms with Crippen LogP contribution in [0.25, 0.3) is 0 Å². The monoisotopic (exact) mass is 206 g/mol. The Morgan fingerprint density at radius 3 is 2.33 bits per heavy atom. The van der Waals surface area contributed by atoms with E-state index in [1.54, 1.807) is 24.3 Å². The zero-order valence-corrected chi connectivity index (χ0v) is 9.11. The van der Waals surface area contributed by atoms with Crippen LogP contribution < -0.4 is 4.74 Å². The maximum absolute atomic E-state index is 11.8. The first-order valence-electron chi connectivity index (χ1n) is 4.84. The predicted octanol–water partition coefficient (Wildman–Crippen LogP) is 2.45. The van der Waals surface area contributed by atoms with E-state index in [1.807, 2.05) is 13.8 Å². The van der Waals surface area contributed by atoms with E-state index < -0.39 is 5.97 Å². The van der Waals surface area contributed by atoms with Crippen LogP contribution in [0, 0.1) is 5.92 Å². The molecule has 0 bridgehead atoms. The van der Waals surface area contributed by atoms with E-state index >= 15 is 0 Å². The fraction of sp³-hybridized carbons (Fsp3) is 0.333. The topological polar surface area (TPSA) is 43.4 Å². The molecule has 1 aromatic rings. The minimum Gasteiger partial charge on any atom is -0.426 e. The van der Waals surface area contributed by atoms with Gasteiger partial charge in [0.25, 0.3) is 0 Å². The van der Waals surface area contributed by atoms with Crippen LogP contribution in [0.3, 0.4) is 0 Å². The lowest BCUT2D eigenvalue weighted by Gasteiger charge is -2.09. The number of carbonyl (C=O) groups is 2. The van der Waals surface area contributed by atoms with Gasteiger partial charge in [0, 0.05) is 12.8 Å². The summed E-state index contributed by atoms with van der Waals surface area (Å²) in [5.74, 6) is -0.212. The van der Waals surface area contributed by atoms with Gasteiger partial charge in [-0.1, -0.05) is 26.0 Å². The molecule has 0 heterocycles. The highest BCUT2D eigenvalue weighted by Gasteiger charge is 2.15.